The van der Waals surface area contributed by atoms with Gasteiger partial charge in [0.05, 0.1) is 11.5 Å². The van der Waals surface area contributed by atoms with E-state index in [9.17, 15) is 14.4 Å². The minimum Gasteiger partial charge on any atom is -0.489 e. The number of esters is 1. The van der Waals surface area contributed by atoms with Gasteiger partial charge < -0.3 is 9.47 Å². The highest BCUT2D eigenvalue weighted by Crippen LogP contribution is 2.32. The van der Waals surface area contributed by atoms with Gasteiger partial charge in [-0.1, -0.05) is 35.9 Å². The van der Waals surface area contributed by atoms with Crippen LogP contribution in [0.15, 0.2) is 53.4 Å². The van der Waals surface area contributed by atoms with Crippen LogP contribution < -0.4 is 4.74 Å². The number of benzene rings is 2. The van der Waals surface area contributed by atoms with Gasteiger partial charge in [0.2, 0.25) is 0 Å². The van der Waals surface area contributed by atoms with Crippen molar-refractivity contribution in [3.05, 3.63) is 69.6 Å². The Morgan fingerprint density at radius 1 is 1.10 bits per heavy atom. The smallest absolute Gasteiger partial charge is 0.326 e. The molecular formula is C21H18ClNO5S. The fraction of sp³-hybridized carbons (Fsp3) is 0.190. The van der Waals surface area contributed by atoms with Crippen LogP contribution in [0.5, 0.6) is 5.75 Å². The van der Waals surface area contributed by atoms with Crippen molar-refractivity contribution >= 4 is 46.6 Å². The average molecular weight is 432 g/mol. The molecule has 2 amide bonds. The fourth-order valence-corrected chi connectivity index (χ4v) is 3.50. The number of imide groups is 1. The molecule has 0 N–H and O–H groups in total. The maximum atomic E-state index is 12.4. The molecule has 0 unspecified atom stereocenters. The summed E-state index contributed by atoms with van der Waals surface area (Å²) in [6, 6.07) is 14.5. The highest BCUT2D eigenvalue weighted by atomic mass is 35.5. The number of amides is 2. The van der Waals surface area contributed by atoms with Crippen LogP contribution in [0.1, 0.15) is 18.1 Å². The Balaban J connectivity index is 1.61. The number of carbonyl (C=O) groups excluding carboxylic acids is 3. The zero-order valence-corrected chi connectivity index (χ0v) is 17.2. The Morgan fingerprint density at radius 3 is 2.45 bits per heavy atom. The molecule has 0 bridgehead atoms. The lowest BCUT2D eigenvalue weighted by Crippen LogP contribution is -2.34. The first-order valence-electron chi connectivity index (χ1n) is 8.84. The summed E-state index contributed by atoms with van der Waals surface area (Å²) in [4.78, 5) is 37.1. The minimum atomic E-state index is -0.613. The molecule has 2 aromatic rings. The van der Waals surface area contributed by atoms with Gasteiger partial charge in [-0.2, -0.15) is 0 Å². The maximum absolute atomic E-state index is 12.4. The topological polar surface area (TPSA) is 72.9 Å². The first-order chi connectivity index (χ1) is 14.0. The predicted molar refractivity (Wildman–Crippen MR) is 112 cm³/mol. The number of ether oxygens (including phenoxy) is 2. The third kappa shape index (κ3) is 5.62. The molecule has 0 radical (unpaired) electrons. The second-order valence-electron chi connectivity index (χ2n) is 6.06. The first kappa shape index (κ1) is 21.0. The highest BCUT2D eigenvalue weighted by Gasteiger charge is 2.36. The lowest BCUT2D eigenvalue weighted by Gasteiger charge is -2.10. The van der Waals surface area contributed by atoms with Gasteiger partial charge in [-0.25, -0.2) is 0 Å². The fourth-order valence-electron chi connectivity index (χ4n) is 2.53. The monoisotopic (exact) mass is 431 g/mol. The number of rotatable bonds is 7. The molecule has 8 heteroatoms. The molecule has 2 aromatic carbocycles. The summed E-state index contributed by atoms with van der Waals surface area (Å²) in [6.45, 7) is 1.88. The maximum Gasteiger partial charge on any atom is 0.326 e. The van der Waals surface area contributed by atoms with Crippen LogP contribution >= 0.6 is 23.4 Å². The highest BCUT2D eigenvalue weighted by molar-refractivity contribution is 8.18. The molecular weight excluding hydrogens is 414 g/mol. The Morgan fingerprint density at radius 2 is 1.79 bits per heavy atom. The molecule has 0 saturated carbocycles. The van der Waals surface area contributed by atoms with E-state index < -0.39 is 17.1 Å². The Kier molecular flexibility index (Phi) is 6.95. The molecule has 0 aliphatic carbocycles. The van der Waals surface area contributed by atoms with E-state index in [4.69, 9.17) is 21.1 Å². The van der Waals surface area contributed by atoms with E-state index in [1.165, 1.54) is 0 Å². The lowest BCUT2D eigenvalue weighted by atomic mass is 10.2. The number of hydrogen-bond donors (Lipinski definition) is 0. The zero-order valence-electron chi connectivity index (χ0n) is 15.6. The lowest BCUT2D eigenvalue weighted by molar-refractivity contribution is -0.145. The SMILES string of the molecule is CCOC(=O)CN1C(=O)S/C(=C/c2ccc(OCc3ccc(Cl)cc3)cc2)C1=O. The summed E-state index contributed by atoms with van der Waals surface area (Å²) < 4.78 is 10.5. The van der Waals surface area contributed by atoms with Crippen molar-refractivity contribution in [1.82, 2.24) is 4.90 Å². The van der Waals surface area contributed by atoms with Crippen LogP contribution in [-0.4, -0.2) is 35.2 Å². The Hall–Kier alpha value is -2.77. The number of halogens is 1. The van der Waals surface area contributed by atoms with Gasteiger partial charge in [0.1, 0.15) is 18.9 Å². The van der Waals surface area contributed by atoms with Gasteiger partial charge in [0.15, 0.2) is 0 Å². The van der Waals surface area contributed by atoms with Gasteiger partial charge in [0, 0.05) is 5.02 Å². The summed E-state index contributed by atoms with van der Waals surface area (Å²) in [5.41, 5.74) is 1.74. The second-order valence-corrected chi connectivity index (χ2v) is 7.49. The van der Waals surface area contributed by atoms with Crippen LogP contribution in [0.2, 0.25) is 5.02 Å². The predicted octanol–water partition coefficient (Wildman–Crippen LogP) is 4.52. The van der Waals surface area contributed by atoms with E-state index in [2.05, 4.69) is 0 Å². The molecule has 1 fully saturated rings. The van der Waals surface area contributed by atoms with Crippen LogP contribution in [-0.2, 0) is 20.9 Å². The molecule has 29 heavy (non-hydrogen) atoms. The molecule has 3 rings (SSSR count). The van der Waals surface area contributed by atoms with Crippen LogP contribution in [0.3, 0.4) is 0 Å². The third-order valence-electron chi connectivity index (χ3n) is 3.96. The molecule has 0 spiro atoms. The second kappa shape index (κ2) is 9.62. The van der Waals surface area contributed by atoms with Gasteiger partial charge in [-0.3, -0.25) is 19.3 Å². The summed E-state index contributed by atoms with van der Waals surface area (Å²) >= 11 is 6.66. The van der Waals surface area contributed by atoms with E-state index in [0.29, 0.717) is 17.4 Å². The van der Waals surface area contributed by atoms with Gasteiger partial charge in [-0.15, -0.1) is 0 Å². The first-order valence-corrected chi connectivity index (χ1v) is 10.0. The van der Waals surface area contributed by atoms with E-state index >= 15 is 0 Å². The van der Waals surface area contributed by atoms with E-state index in [0.717, 1.165) is 27.8 Å². The Bertz CT molecular complexity index is 941. The van der Waals surface area contributed by atoms with E-state index in [-0.39, 0.29) is 18.1 Å². The van der Waals surface area contributed by atoms with Gasteiger partial charge in [-0.05, 0) is 60.2 Å². The molecule has 0 atom stereocenters. The average Bonchev–Trinajstić information content (AvgIpc) is 2.96. The number of thioether (sulfide) groups is 1. The van der Waals surface area contributed by atoms with Crippen molar-refractivity contribution in [3.8, 4) is 5.75 Å². The molecule has 1 aliphatic heterocycles. The van der Waals surface area contributed by atoms with Gasteiger partial charge in [0.25, 0.3) is 11.1 Å². The van der Waals surface area contributed by atoms with Crippen LogP contribution in [0.25, 0.3) is 6.08 Å². The van der Waals surface area contributed by atoms with E-state index in [1.807, 2.05) is 12.1 Å². The summed E-state index contributed by atoms with van der Waals surface area (Å²) in [6.07, 6.45) is 1.61. The third-order valence-corrected chi connectivity index (χ3v) is 5.12. The Labute approximate surface area is 177 Å². The van der Waals surface area contributed by atoms with Crippen LogP contribution in [0.4, 0.5) is 4.79 Å². The minimum absolute atomic E-state index is 0.192. The zero-order chi connectivity index (χ0) is 20.8. The van der Waals surface area contributed by atoms with Crippen molar-refractivity contribution < 1.29 is 23.9 Å². The van der Waals surface area contributed by atoms with E-state index in [1.54, 1.807) is 49.4 Å². The standard InChI is InChI=1S/C21H18ClNO5S/c1-2-27-19(24)12-23-20(25)18(29-21(23)26)11-14-5-9-17(10-6-14)28-13-15-3-7-16(22)8-4-15/h3-11H,2,12-13H2,1H3/b18-11+. The molecule has 0 aromatic heterocycles. The number of carbonyl (C=O) groups is 3. The van der Waals surface area contributed by atoms with Crippen molar-refractivity contribution in [3.63, 3.8) is 0 Å². The summed E-state index contributed by atoms with van der Waals surface area (Å²) in [5, 5.41) is 0.182. The van der Waals surface area contributed by atoms with Crippen molar-refractivity contribution in [2.24, 2.45) is 0 Å². The molecule has 1 heterocycles. The largest absolute Gasteiger partial charge is 0.489 e. The summed E-state index contributed by atoms with van der Waals surface area (Å²) in [5.74, 6) is -0.443. The number of nitrogens with zero attached hydrogens (tertiary/aromatic N) is 1. The van der Waals surface area contributed by atoms with Crippen LogP contribution in [0, 0.1) is 0 Å². The van der Waals surface area contributed by atoms with Crippen molar-refractivity contribution in [1.29, 1.82) is 0 Å². The quantitative estimate of drug-likeness (QED) is 0.474. The normalized spacial score (nSPS) is 15.1. The van der Waals surface area contributed by atoms with Gasteiger partial charge >= 0.3 is 5.97 Å². The van der Waals surface area contributed by atoms with Crippen molar-refractivity contribution in [2.45, 2.75) is 13.5 Å². The molecule has 6 nitrogen and oxygen atoms in total. The molecule has 1 saturated heterocycles. The molecule has 150 valence electrons. The van der Waals surface area contributed by atoms with Crippen molar-refractivity contribution in [2.75, 3.05) is 13.2 Å². The number of hydrogen-bond acceptors (Lipinski definition) is 6. The summed E-state index contributed by atoms with van der Waals surface area (Å²) in [7, 11) is 0. The molecule has 1 aliphatic rings.